The van der Waals surface area contributed by atoms with Crippen molar-refractivity contribution in [3.05, 3.63) is 52.3 Å². The maximum absolute atomic E-state index is 12.3. The molecule has 0 bridgehead atoms. The Balaban J connectivity index is 2.37. The van der Waals surface area contributed by atoms with Gasteiger partial charge in [0.05, 0.1) is 18.5 Å². The number of anilines is 1. The summed E-state index contributed by atoms with van der Waals surface area (Å²) < 4.78 is 27.5. The number of hydrogen-bond donors (Lipinski definition) is 2. The van der Waals surface area contributed by atoms with Crippen molar-refractivity contribution < 1.29 is 13.5 Å². The Morgan fingerprint density at radius 2 is 2.05 bits per heavy atom. The van der Waals surface area contributed by atoms with Crippen molar-refractivity contribution in [1.29, 1.82) is 0 Å². The SMILES string of the molecule is Cc1ccc(NS(=O)(=O)c2cc(CO)ccc2Br)cn1. The van der Waals surface area contributed by atoms with Crippen LogP contribution in [0.25, 0.3) is 0 Å². The standard InChI is InChI=1S/C13H13BrN2O3S/c1-9-2-4-11(7-15-9)16-20(18,19)13-6-10(8-17)3-5-12(13)14/h2-7,16-17H,8H2,1H3. The number of hydrogen-bond acceptors (Lipinski definition) is 4. The molecule has 1 aromatic carbocycles. The molecule has 0 aliphatic heterocycles. The Kier molecular flexibility index (Phi) is 4.42. The van der Waals surface area contributed by atoms with Crippen LogP contribution in [0.3, 0.4) is 0 Å². The van der Waals surface area contributed by atoms with Gasteiger partial charge in [-0.2, -0.15) is 0 Å². The highest BCUT2D eigenvalue weighted by Gasteiger charge is 2.18. The minimum atomic E-state index is -3.74. The molecule has 7 heteroatoms. The molecule has 0 amide bonds. The number of aryl methyl sites for hydroxylation is 1. The van der Waals surface area contributed by atoms with Crippen LogP contribution in [0.15, 0.2) is 45.9 Å². The van der Waals surface area contributed by atoms with E-state index in [1.807, 2.05) is 6.92 Å². The van der Waals surface area contributed by atoms with Gasteiger partial charge in [0.25, 0.3) is 10.0 Å². The second-order valence-electron chi connectivity index (χ2n) is 4.22. The van der Waals surface area contributed by atoms with E-state index in [4.69, 9.17) is 5.11 Å². The first-order valence-electron chi connectivity index (χ1n) is 5.77. The molecule has 2 N–H and O–H groups in total. The third-order valence-electron chi connectivity index (χ3n) is 2.63. The average molecular weight is 357 g/mol. The number of aliphatic hydroxyl groups is 1. The van der Waals surface area contributed by atoms with Gasteiger partial charge in [-0.3, -0.25) is 9.71 Å². The number of benzene rings is 1. The summed E-state index contributed by atoms with van der Waals surface area (Å²) in [5.41, 5.74) is 1.71. The second-order valence-corrected chi connectivity index (χ2v) is 6.72. The van der Waals surface area contributed by atoms with Gasteiger partial charge in [0.2, 0.25) is 0 Å². The van der Waals surface area contributed by atoms with Crippen molar-refractivity contribution in [3.8, 4) is 0 Å². The average Bonchev–Trinajstić information content (AvgIpc) is 2.41. The lowest BCUT2D eigenvalue weighted by molar-refractivity contribution is 0.281. The Labute approximate surface area is 125 Å². The molecule has 2 rings (SSSR count). The number of halogens is 1. The zero-order chi connectivity index (χ0) is 14.8. The van der Waals surface area contributed by atoms with Gasteiger partial charge in [0, 0.05) is 10.2 Å². The predicted octanol–water partition coefficient (Wildman–Crippen LogP) is 2.45. The first kappa shape index (κ1) is 15.0. The minimum absolute atomic E-state index is 0.0737. The molecule has 0 spiro atoms. The lowest BCUT2D eigenvalue weighted by Gasteiger charge is -2.10. The molecule has 1 aromatic heterocycles. The molecule has 5 nitrogen and oxygen atoms in total. The van der Waals surface area contributed by atoms with Gasteiger partial charge >= 0.3 is 0 Å². The first-order valence-corrected chi connectivity index (χ1v) is 8.05. The van der Waals surface area contributed by atoms with E-state index >= 15 is 0 Å². The zero-order valence-electron chi connectivity index (χ0n) is 10.7. The van der Waals surface area contributed by atoms with Crippen molar-refractivity contribution in [3.63, 3.8) is 0 Å². The fraction of sp³-hybridized carbons (Fsp3) is 0.154. The number of sulfonamides is 1. The molecular weight excluding hydrogens is 344 g/mol. The number of rotatable bonds is 4. The normalized spacial score (nSPS) is 11.3. The summed E-state index contributed by atoms with van der Waals surface area (Å²) in [5, 5.41) is 9.10. The molecule has 20 heavy (non-hydrogen) atoms. The molecule has 0 aliphatic carbocycles. The number of nitrogens with one attached hydrogen (secondary N) is 1. The van der Waals surface area contributed by atoms with Gasteiger partial charge in [-0.05, 0) is 52.7 Å². The third-order valence-corrected chi connectivity index (χ3v) is 5.01. The lowest BCUT2D eigenvalue weighted by Crippen LogP contribution is -2.14. The monoisotopic (exact) mass is 356 g/mol. The first-order chi connectivity index (χ1) is 9.42. The van der Waals surface area contributed by atoms with Gasteiger partial charge in [-0.15, -0.1) is 0 Å². The lowest BCUT2D eigenvalue weighted by atomic mass is 10.2. The topological polar surface area (TPSA) is 79.3 Å². The van der Waals surface area contributed by atoms with Crippen LogP contribution in [0.2, 0.25) is 0 Å². The minimum Gasteiger partial charge on any atom is -0.392 e. The summed E-state index contributed by atoms with van der Waals surface area (Å²) in [6.45, 7) is 1.60. The quantitative estimate of drug-likeness (QED) is 0.881. The molecule has 0 fully saturated rings. The van der Waals surface area contributed by atoms with E-state index in [0.717, 1.165) is 5.69 Å². The van der Waals surface area contributed by atoms with Crippen molar-refractivity contribution in [2.75, 3.05) is 4.72 Å². The molecule has 0 radical (unpaired) electrons. The fourth-order valence-electron chi connectivity index (χ4n) is 1.59. The molecule has 0 saturated carbocycles. The van der Waals surface area contributed by atoms with Crippen LogP contribution in [0, 0.1) is 6.92 Å². The van der Waals surface area contributed by atoms with E-state index in [0.29, 0.717) is 15.7 Å². The van der Waals surface area contributed by atoms with E-state index in [9.17, 15) is 8.42 Å². The van der Waals surface area contributed by atoms with E-state index in [1.54, 1.807) is 24.3 Å². The predicted molar refractivity (Wildman–Crippen MR) is 79.8 cm³/mol. The van der Waals surface area contributed by atoms with Crippen molar-refractivity contribution >= 4 is 31.6 Å². The van der Waals surface area contributed by atoms with Crippen molar-refractivity contribution in [2.24, 2.45) is 0 Å². The molecule has 0 saturated heterocycles. The van der Waals surface area contributed by atoms with E-state index in [1.165, 1.54) is 12.3 Å². The van der Waals surface area contributed by atoms with Gasteiger partial charge in [0.15, 0.2) is 0 Å². The summed E-state index contributed by atoms with van der Waals surface area (Å²) >= 11 is 3.20. The number of nitrogens with zero attached hydrogens (tertiary/aromatic N) is 1. The Morgan fingerprint density at radius 1 is 1.30 bits per heavy atom. The van der Waals surface area contributed by atoms with Crippen molar-refractivity contribution in [2.45, 2.75) is 18.4 Å². The highest BCUT2D eigenvalue weighted by molar-refractivity contribution is 9.10. The van der Waals surface area contributed by atoms with E-state index < -0.39 is 10.0 Å². The Hall–Kier alpha value is -1.44. The molecule has 0 aliphatic rings. The smallest absolute Gasteiger partial charge is 0.263 e. The van der Waals surface area contributed by atoms with Crippen LogP contribution in [-0.2, 0) is 16.6 Å². The molecule has 0 unspecified atom stereocenters. The summed E-state index contributed by atoms with van der Waals surface area (Å²) in [6, 6.07) is 8.03. The van der Waals surface area contributed by atoms with Gasteiger partial charge in [-0.25, -0.2) is 8.42 Å². The summed E-state index contributed by atoms with van der Waals surface area (Å²) in [5.74, 6) is 0. The third kappa shape index (κ3) is 3.36. The second kappa shape index (κ2) is 5.90. The van der Waals surface area contributed by atoms with Gasteiger partial charge in [-0.1, -0.05) is 6.07 Å². The van der Waals surface area contributed by atoms with E-state index in [2.05, 4.69) is 25.6 Å². The van der Waals surface area contributed by atoms with Crippen LogP contribution < -0.4 is 4.72 Å². The van der Waals surface area contributed by atoms with Crippen LogP contribution in [0.5, 0.6) is 0 Å². The summed E-state index contributed by atoms with van der Waals surface area (Å²) in [4.78, 5) is 4.11. The summed E-state index contributed by atoms with van der Waals surface area (Å²) in [6.07, 6.45) is 1.46. The fourth-order valence-corrected chi connectivity index (χ4v) is 3.65. The van der Waals surface area contributed by atoms with E-state index in [-0.39, 0.29) is 11.5 Å². The zero-order valence-corrected chi connectivity index (χ0v) is 13.1. The molecule has 106 valence electrons. The summed E-state index contributed by atoms with van der Waals surface area (Å²) in [7, 11) is -3.74. The Bertz CT molecular complexity index is 715. The van der Waals surface area contributed by atoms with Crippen LogP contribution in [0.4, 0.5) is 5.69 Å². The molecule has 2 aromatic rings. The molecule has 1 heterocycles. The highest BCUT2D eigenvalue weighted by atomic mass is 79.9. The molecular formula is C13H13BrN2O3S. The van der Waals surface area contributed by atoms with Crippen LogP contribution >= 0.6 is 15.9 Å². The van der Waals surface area contributed by atoms with Crippen LogP contribution in [0.1, 0.15) is 11.3 Å². The number of pyridine rings is 1. The van der Waals surface area contributed by atoms with Crippen molar-refractivity contribution in [1.82, 2.24) is 4.98 Å². The molecule has 0 atom stereocenters. The number of aliphatic hydroxyl groups excluding tert-OH is 1. The highest BCUT2D eigenvalue weighted by Crippen LogP contribution is 2.25. The number of aromatic nitrogens is 1. The van der Waals surface area contributed by atoms with Gasteiger partial charge < -0.3 is 5.11 Å². The largest absolute Gasteiger partial charge is 0.392 e. The van der Waals surface area contributed by atoms with Gasteiger partial charge in [0.1, 0.15) is 4.90 Å². The maximum Gasteiger partial charge on any atom is 0.263 e. The maximum atomic E-state index is 12.3. The Morgan fingerprint density at radius 3 is 2.65 bits per heavy atom. The van der Waals surface area contributed by atoms with Crippen LogP contribution in [-0.4, -0.2) is 18.5 Å².